The summed E-state index contributed by atoms with van der Waals surface area (Å²) in [7, 11) is 1.50. The van der Waals surface area contributed by atoms with Crippen molar-refractivity contribution in [3.63, 3.8) is 0 Å². The highest BCUT2D eigenvalue weighted by atomic mass is 35.5. The van der Waals surface area contributed by atoms with Gasteiger partial charge >= 0.3 is 0 Å². The van der Waals surface area contributed by atoms with E-state index in [0.29, 0.717) is 16.5 Å². The zero-order valence-electron chi connectivity index (χ0n) is 11.1. The van der Waals surface area contributed by atoms with Gasteiger partial charge in [0.1, 0.15) is 17.4 Å². The van der Waals surface area contributed by atoms with E-state index in [-0.39, 0.29) is 5.56 Å². The van der Waals surface area contributed by atoms with Gasteiger partial charge in [-0.1, -0.05) is 17.7 Å². The minimum Gasteiger partial charge on any atom is -0.495 e. The summed E-state index contributed by atoms with van der Waals surface area (Å²) in [6.07, 6.45) is 0. The summed E-state index contributed by atoms with van der Waals surface area (Å²) in [6, 6.07) is 8.34. The molecular weight excluding hydrogens is 284 g/mol. The van der Waals surface area contributed by atoms with E-state index in [0.717, 1.165) is 0 Å². The van der Waals surface area contributed by atoms with E-state index in [1.165, 1.54) is 25.3 Å². The number of ether oxygens (including phenoxy) is 1. The third-order valence-corrected chi connectivity index (χ3v) is 3.28. The van der Waals surface area contributed by atoms with Crippen LogP contribution in [0.3, 0.4) is 0 Å². The molecule has 1 atom stereocenters. The van der Waals surface area contributed by atoms with Gasteiger partial charge in [0.15, 0.2) is 0 Å². The van der Waals surface area contributed by atoms with E-state index in [4.69, 9.17) is 16.3 Å². The Bertz CT molecular complexity index is 599. The first-order chi connectivity index (χ1) is 9.52. The maximum Gasteiger partial charge on any atom is 0.139 e. The average molecular weight is 298 g/mol. The number of hydrogen-bond acceptors (Lipinski definition) is 2. The first-order valence-corrected chi connectivity index (χ1v) is 6.44. The summed E-state index contributed by atoms with van der Waals surface area (Å²) in [6.45, 7) is 1.68. The lowest BCUT2D eigenvalue weighted by Crippen LogP contribution is -2.10. The van der Waals surface area contributed by atoms with Crippen LogP contribution in [0.1, 0.15) is 18.5 Å². The molecule has 20 heavy (non-hydrogen) atoms. The molecule has 1 unspecified atom stereocenters. The topological polar surface area (TPSA) is 21.3 Å². The lowest BCUT2D eigenvalue weighted by molar-refractivity contribution is 0.415. The fourth-order valence-electron chi connectivity index (χ4n) is 2.00. The van der Waals surface area contributed by atoms with Gasteiger partial charge in [-0.3, -0.25) is 0 Å². The normalized spacial score (nSPS) is 12.1. The zero-order chi connectivity index (χ0) is 14.7. The first kappa shape index (κ1) is 14.6. The van der Waals surface area contributed by atoms with E-state index in [1.807, 2.05) is 0 Å². The number of halogens is 3. The molecule has 5 heteroatoms. The second-order valence-electron chi connectivity index (χ2n) is 4.35. The molecule has 0 spiro atoms. The predicted octanol–water partition coefficient (Wildman–Crippen LogP) is 4.80. The largest absolute Gasteiger partial charge is 0.495 e. The molecule has 2 rings (SSSR count). The van der Waals surface area contributed by atoms with Crippen LogP contribution < -0.4 is 10.1 Å². The molecule has 0 aliphatic carbocycles. The average Bonchev–Trinajstić information content (AvgIpc) is 2.40. The van der Waals surface area contributed by atoms with Crippen LogP contribution in [0.4, 0.5) is 14.5 Å². The van der Waals surface area contributed by atoms with E-state index in [1.54, 1.807) is 25.1 Å². The van der Waals surface area contributed by atoms with Gasteiger partial charge < -0.3 is 10.1 Å². The van der Waals surface area contributed by atoms with Crippen LogP contribution in [-0.4, -0.2) is 7.11 Å². The Balaban J connectivity index is 2.26. The van der Waals surface area contributed by atoms with Crippen molar-refractivity contribution >= 4 is 17.3 Å². The smallest absolute Gasteiger partial charge is 0.139 e. The Morgan fingerprint density at radius 1 is 1.15 bits per heavy atom. The quantitative estimate of drug-likeness (QED) is 0.875. The van der Waals surface area contributed by atoms with Gasteiger partial charge in [0, 0.05) is 17.3 Å². The van der Waals surface area contributed by atoms with Gasteiger partial charge in [-0.05, 0) is 31.2 Å². The molecular formula is C15H14ClF2NO. The summed E-state index contributed by atoms with van der Waals surface area (Å²) < 4.78 is 32.5. The van der Waals surface area contributed by atoms with Crippen LogP contribution in [-0.2, 0) is 0 Å². The van der Waals surface area contributed by atoms with Crippen molar-refractivity contribution in [2.24, 2.45) is 0 Å². The van der Waals surface area contributed by atoms with Crippen LogP contribution >= 0.6 is 11.6 Å². The molecule has 1 N–H and O–H groups in total. The molecule has 2 aromatic rings. The molecule has 0 radical (unpaired) electrons. The number of rotatable bonds is 4. The lowest BCUT2D eigenvalue weighted by Gasteiger charge is -2.17. The molecule has 2 nitrogen and oxygen atoms in total. The van der Waals surface area contributed by atoms with Crippen LogP contribution in [0.2, 0.25) is 5.02 Å². The summed E-state index contributed by atoms with van der Waals surface area (Å²) in [5.41, 5.74) is 0.669. The van der Waals surface area contributed by atoms with Crippen molar-refractivity contribution in [3.8, 4) is 5.75 Å². The van der Waals surface area contributed by atoms with Gasteiger partial charge in [0.2, 0.25) is 0 Å². The third kappa shape index (κ3) is 3.02. The van der Waals surface area contributed by atoms with Gasteiger partial charge in [0.05, 0.1) is 18.2 Å². The molecule has 106 valence electrons. The molecule has 0 aromatic heterocycles. The molecule has 0 amide bonds. The number of benzene rings is 2. The Hall–Kier alpha value is -1.81. The molecule has 0 aliphatic rings. The second-order valence-corrected chi connectivity index (χ2v) is 4.76. The predicted molar refractivity (Wildman–Crippen MR) is 76.4 cm³/mol. The molecule has 0 fully saturated rings. The summed E-state index contributed by atoms with van der Waals surface area (Å²) >= 11 is 5.93. The standard InChI is InChI=1S/C15H14ClF2NO/c1-9(15-12(17)4-3-5-13(15)18)19-10-6-7-11(16)14(8-10)20-2/h3-9,19H,1-2H3. The van der Waals surface area contributed by atoms with Crippen LogP contribution in [0.5, 0.6) is 5.75 Å². The maximum atomic E-state index is 13.7. The van der Waals surface area contributed by atoms with Crippen LogP contribution in [0.25, 0.3) is 0 Å². The van der Waals surface area contributed by atoms with Crippen LogP contribution in [0.15, 0.2) is 36.4 Å². The van der Waals surface area contributed by atoms with Crippen molar-refractivity contribution in [1.29, 1.82) is 0 Å². The highest BCUT2D eigenvalue weighted by Crippen LogP contribution is 2.30. The first-order valence-electron chi connectivity index (χ1n) is 6.07. The Morgan fingerprint density at radius 3 is 2.40 bits per heavy atom. The Labute approximate surface area is 121 Å². The van der Waals surface area contributed by atoms with Gasteiger partial charge in [-0.25, -0.2) is 8.78 Å². The Kier molecular flexibility index (Phi) is 4.45. The summed E-state index contributed by atoms with van der Waals surface area (Å²) in [4.78, 5) is 0. The van der Waals surface area contributed by atoms with Gasteiger partial charge in [-0.15, -0.1) is 0 Å². The minimum absolute atomic E-state index is 0.00131. The molecule has 2 aromatic carbocycles. The second kappa shape index (κ2) is 6.09. The maximum absolute atomic E-state index is 13.7. The summed E-state index contributed by atoms with van der Waals surface area (Å²) in [5, 5.41) is 3.50. The Morgan fingerprint density at radius 2 is 1.80 bits per heavy atom. The van der Waals surface area contributed by atoms with Crippen molar-refractivity contribution in [1.82, 2.24) is 0 Å². The number of nitrogens with one attached hydrogen (secondary N) is 1. The highest BCUT2D eigenvalue weighted by Gasteiger charge is 2.16. The number of hydrogen-bond donors (Lipinski definition) is 1. The van der Waals surface area contributed by atoms with Crippen LogP contribution in [0, 0.1) is 11.6 Å². The third-order valence-electron chi connectivity index (χ3n) is 2.97. The molecule has 0 saturated carbocycles. The fourth-order valence-corrected chi connectivity index (χ4v) is 2.19. The monoisotopic (exact) mass is 297 g/mol. The van der Waals surface area contributed by atoms with Gasteiger partial charge in [-0.2, -0.15) is 0 Å². The zero-order valence-corrected chi connectivity index (χ0v) is 11.8. The fraction of sp³-hybridized carbons (Fsp3) is 0.200. The highest BCUT2D eigenvalue weighted by molar-refractivity contribution is 6.32. The molecule has 0 bridgehead atoms. The lowest BCUT2D eigenvalue weighted by atomic mass is 10.1. The van der Waals surface area contributed by atoms with E-state index in [9.17, 15) is 8.78 Å². The van der Waals surface area contributed by atoms with E-state index in [2.05, 4.69) is 5.32 Å². The van der Waals surface area contributed by atoms with Crippen molar-refractivity contribution < 1.29 is 13.5 Å². The van der Waals surface area contributed by atoms with Crippen molar-refractivity contribution in [3.05, 3.63) is 58.6 Å². The number of methoxy groups -OCH3 is 1. The molecule has 0 heterocycles. The van der Waals surface area contributed by atoms with E-state index >= 15 is 0 Å². The van der Waals surface area contributed by atoms with Crippen molar-refractivity contribution in [2.75, 3.05) is 12.4 Å². The SMILES string of the molecule is COc1cc(NC(C)c2c(F)cccc2F)ccc1Cl. The summed E-state index contributed by atoms with van der Waals surface area (Å²) in [5.74, 6) is -0.658. The van der Waals surface area contributed by atoms with E-state index < -0.39 is 17.7 Å². The molecule has 0 saturated heterocycles. The molecule has 0 aliphatic heterocycles. The number of anilines is 1. The van der Waals surface area contributed by atoms with Crippen molar-refractivity contribution in [2.45, 2.75) is 13.0 Å². The minimum atomic E-state index is -0.578. The van der Waals surface area contributed by atoms with Gasteiger partial charge in [0.25, 0.3) is 0 Å².